The van der Waals surface area contributed by atoms with Gasteiger partial charge in [-0.25, -0.2) is 4.79 Å². The first kappa shape index (κ1) is 17.1. The molecule has 0 aromatic heterocycles. The molecule has 0 spiro atoms. The van der Waals surface area contributed by atoms with Crippen molar-refractivity contribution in [3.63, 3.8) is 0 Å². The standard InChI is InChI=1S/C18H24ClN3O2/c19-16-9-5-4-8-15(16)17(23)21-10-12-22(13-11-21)18(24)20-14-6-2-1-3-7-14/h4-5,8-9,14H,1-3,6-7,10-13H2,(H,20,24). The van der Waals surface area contributed by atoms with Crippen molar-refractivity contribution in [3.05, 3.63) is 34.9 Å². The van der Waals surface area contributed by atoms with Gasteiger partial charge < -0.3 is 15.1 Å². The maximum absolute atomic E-state index is 12.5. The summed E-state index contributed by atoms with van der Waals surface area (Å²) in [5, 5.41) is 3.61. The Morgan fingerprint density at radius 1 is 0.958 bits per heavy atom. The van der Waals surface area contributed by atoms with E-state index >= 15 is 0 Å². The van der Waals surface area contributed by atoms with Gasteiger partial charge in [-0.3, -0.25) is 4.79 Å². The summed E-state index contributed by atoms with van der Waals surface area (Å²) in [7, 11) is 0. The monoisotopic (exact) mass is 349 g/mol. The molecule has 1 aliphatic carbocycles. The number of nitrogens with zero attached hydrogens (tertiary/aromatic N) is 2. The van der Waals surface area contributed by atoms with E-state index in [2.05, 4.69) is 5.32 Å². The lowest BCUT2D eigenvalue weighted by Gasteiger charge is -2.36. The van der Waals surface area contributed by atoms with Crippen molar-refractivity contribution in [3.8, 4) is 0 Å². The van der Waals surface area contributed by atoms with E-state index in [1.807, 2.05) is 17.0 Å². The zero-order valence-electron chi connectivity index (χ0n) is 13.8. The van der Waals surface area contributed by atoms with Crippen LogP contribution >= 0.6 is 11.6 Å². The Morgan fingerprint density at radius 2 is 1.58 bits per heavy atom. The van der Waals surface area contributed by atoms with Gasteiger partial charge in [0.25, 0.3) is 5.91 Å². The SMILES string of the molecule is O=C(NC1CCCCC1)N1CCN(C(=O)c2ccccc2Cl)CC1. The van der Waals surface area contributed by atoms with Gasteiger partial charge in [-0.2, -0.15) is 0 Å². The molecule has 1 aromatic rings. The highest BCUT2D eigenvalue weighted by atomic mass is 35.5. The van der Waals surface area contributed by atoms with Crippen LogP contribution in [0.3, 0.4) is 0 Å². The molecule has 1 saturated carbocycles. The Morgan fingerprint density at radius 3 is 2.25 bits per heavy atom. The van der Waals surface area contributed by atoms with Gasteiger partial charge in [0.1, 0.15) is 0 Å². The van der Waals surface area contributed by atoms with Crippen molar-refractivity contribution in [1.29, 1.82) is 0 Å². The number of hydrogen-bond acceptors (Lipinski definition) is 2. The third-order valence-corrected chi connectivity index (χ3v) is 5.22. The number of nitrogens with one attached hydrogen (secondary N) is 1. The molecule has 2 aliphatic rings. The molecule has 130 valence electrons. The molecule has 1 aliphatic heterocycles. The van der Waals surface area contributed by atoms with Crippen molar-refractivity contribution in [2.75, 3.05) is 26.2 Å². The summed E-state index contributed by atoms with van der Waals surface area (Å²) in [5.74, 6) is -0.0621. The molecule has 1 N–H and O–H groups in total. The topological polar surface area (TPSA) is 52.7 Å². The summed E-state index contributed by atoms with van der Waals surface area (Å²) in [4.78, 5) is 28.5. The van der Waals surface area contributed by atoms with Gasteiger partial charge in [0.05, 0.1) is 10.6 Å². The van der Waals surface area contributed by atoms with E-state index in [4.69, 9.17) is 11.6 Å². The van der Waals surface area contributed by atoms with Gasteiger partial charge in [0.15, 0.2) is 0 Å². The van der Waals surface area contributed by atoms with Crippen LogP contribution in [0.1, 0.15) is 42.5 Å². The minimum absolute atomic E-state index is 0.00624. The second-order valence-electron chi connectivity index (χ2n) is 6.54. The molecule has 1 saturated heterocycles. The number of rotatable bonds is 2. The number of piperazine rings is 1. The number of hydrogen-bond donors (Lipinski definition) is 1. The van der Waals surface area contributed by atoms with E-state index in [1.54, 1.807) is 17.0 Å². The van der Waals surface area contributed by atoms with E-state index in [0.29, 0.717) is 42.8 Å². The molecule has 0 bridgehead atoms. The van der Waals surface area contributed by atoms with E-state index in [1.165, 1.54) is 19.3 Å². The fourth-order valence-corrected chi connectivity index (χ4v) is 3.65. The third-order valence-electron chi connectivity index (χ3n) is 4.89. The van der Waals surface area contributed by atoms with Gasteiger partial charge in [0, 0.05) is 32.2 Å². The van der Waals surface area contributed by atoms with Crippen LogP contribution in [0.15, 0.2) is 24.3 Å². The summed E-state index contributed by atoms with van der Waals surface area (Å²) < 4.78 is 0. The first-order valence-corrected chi connectivity index (χ1v) is 9.12. The lowest BCUT2D eigenvalue weighted by Crippen LogP contribution is -2.54. The lowest BCUT2D eigenvalue weighted by atomic mass is 9.96. The molecule has 24 heavy (non-hydrogen) atoms. The Hall–Kier alpha value is -1.75. The predicted molar refractivity (Wildman–Crippen MR) is 94.3 cm³/mol. The summed E-state index contributed by atoms with van der Waals surface area (Å²) in [6.07, 6.45) is 5.83. The third kappa shape index (κ3) is 4.01. The highest BCUT2D eigenvalue weighted by Gasteiger charge is 2.27. The van der Waals surface area contributed by atoms with Gasteiger partial charge in [0.2, 0.25) is 0 Å². The molecule has 0 radical (unpaired) electrons. The summed E-state index contributed by atoms with van der Waals surface area (Å²) in [6, 6.07) is 7.41. The second-order valence-corrected chi connectivity index (χ2v) is 6.95. The van der Waals surface area contributed by atoms with Crippen LogP contribution in [0.5, 0.6) is 0 Å². The van der Waals surface area contributed by atoms with Crippen LogP contribution in [0.4, 0.5) is 4.79 Å². The van der Waals surface area contributed by atoms with Crippen molar-refractivity contribution in [1.82, 2.24) is 15.1 Å². The van der Waals surface area contributed by atoms with Crippen LogP contribution in [0.2, 0.25) is 5.02 Å². The smallest absolute Gasteiger partial charge is 0.317 e. The number of amides is 3. The fourth-order valence-electron chi connectivity index (χ4n) is 3.43. The Kier molecular flexibility index (Phi) is 5.61. The van der Waals surface area contributed by atoms with Gasteiger partial charge in [-0.05, 0) is 25.0 Å². The summed E-state index contributed by atoms with van der Waals surface area (Å²) in [6.45, 7) is 2.22. The average Bonchev–Trinajstić information content (AvgIpc) is 2.62. The molecule has 6 heteroatoms. The number of halogens is 1. The molecule has 0 atom stereocenters. The number of urea groups is 1. The highest BCUT2D eigenvalue weighted by molar-refractivity contribution is 6.33. The van der Waals surface area contributed by atoms with E-state index in [-0.39, 0.29) is 11.9 Å². The van der Waals surface area contributed by atoms with Crippen molar-refractivity contribution < 1.29 is 9.59 Å². The Balaban J connectivity index is 1.51. The first-order valence-electron chi connectivity index (χ1n) is 8.74. The largest absolute Gasteiger partial charge is 0.335 e. The van der Waals surface area contributed by atoms with Crippen LogP contribution in [-0.4, -0.2) is 54.0 Å². The van der Waals surface area contributed by atoms with Crippen molar-refractivity contribution in [2.24, 2.45) is 0 Å². The highest BCUT2D eigenvalue weighted by Crippen LogP contribution is 2.19. The molecule has 1 aromatic carbocycles. The van der Waals surface area contributed by atoms with Crippen LogP contribution in [-0.2, 0) is 0 Å². The van der Waals surface area contributed by atoms with Gasteiger partial charge >= 0.3 is 6.03 Å². The van der Waals surface area contributed by atoms with Gasteiger partial charge in [-0.1, -0.05) is 43.0 Å². The Bertz CT molecular complexity index is 594. The van der Waals surface area contributed by atoms with E-state index in [9.17, 15) is 9.59 Å². The predicted octanol–water partition coefficient (Wildman–Crippen LogP) is 3.14. The minimum Gasteiger partial charge on any atom is -0.335 e. The van der Waals surface area contributed by atoms with Crippen LogP contribution in [0.25, 0.3) is 0 Å². The molecular weight excluding hydrogens is 326 g/mol. The quantitative estimate of drug-likeness (QED) is 0.891. The normalized spacial score (nSPS) is 19.2. The number of benzene rings is 1. The minimum atomic E-state index is -0.0621. The first-order chi connectivity index (χ1) is 11.6. The van der Waals surface area contributed by atoms with E-state index in [0.717, 1.165) is 12.8 Å². The fraction of sp³-hybridized carbons (Fsp3) is 0.556. The molecule has 0 unspecified atom stereocenters. The molecule has 5 nitrogen and oxygen atoms in total. The van der Waals surface area contributed by atoms with Crippen molar-refractivity contribution >= 4 is 23.5 Å². The number of carbonyl (C=O) groups excluding carboxylic acids is 2. The van der Waals surface area contributed by atoms with E-state index < -0.39 is 0 Å². The van der Waals surface area contributed by atoms with Crippen LogP contribution in [0, 0.1) is 0 Å². The molecular formula is C18H24ClN3O2. The summed E-state index contributed by atoms with van der Waals surface area (Å²) in [5.41, 5.74) is 0.527. The molecule has 1 heterocycles. The lowest BCUT2D eigenvalue weighted by molar-refractivity contribution is 0.0662. The molecule has 3 amide bonds. The average molecular weight is 350 g/mol. The summed E-state index contributed by atoms with van der Waals surface area (Å²) >= 11 is 6.10. The zero-order valence-corrected chi connectivity index (χ0v) is 14.6. The molecule has 2 fully saturated rings. The Labute approximate surface area is 147 Å². The maximum atomic E-state index is 12.5. The zero-order chi connectivity index (χ0) is 16.9. The van der Waals surface area contributed by atoms with Crippen LogP contribution < -0.4 is 5.32 Å². The second kappa shape index (κ2) is 7.88. The molecule has 3 rings (SSSR count). The number of carbonyl (C=O) groups is 2. The van der Waals surface area contributed by atoms with Crippen molar-refractivity contribution in [2.45, 2.75) is 38.1 Å². The van der Waals surface area contributed by atoms with Gasteiger partial charge in [-0.15, -0.1) is 0 Å². The maximum Gasteiger partial charge on any atom is 0.317 e.